The molecule has 6 nitrogen and oxygen atoms in total. The second-order valence-corrected chi connectivity index (χ2v) is 7.09. The molecule has 1 atom stereocenters. The first-order valence-electron chi connectivity index (χ1n) is 8.78. The number of amides is 2. The van der Waals surface area contributed by atoms with Gasteiger partial charge in [-0.3, -0.25) is 14.5 Å². The third-order valence-electron chi connectivity index (χ3n) is 4.24. The maximum atomic E-state index is 11.9. The van der Waals surface area contributed by atoms with E-state index in [1.807, 2.05) is 26.0 Å². The smallest absolute Gasteiger partial charge is 0.239 e. The van der Waals surface area contributed by atoms with E-state index >= 15 is 0 Å². The van der Waals surface area contributed by atoms with Gasteiger partial charge in [0.1, 0.15) is 0 Å². The number of nitrogens with two attached hydrogens (primary N) is 1. The molecule has 2 amide bonds. The van der Waals surface area contributed by atoms with Crippen molar-refractivity contribution in [2.24, 2.45) is 11.7 Å². The van der Waals surface area contributed by atoms with Gasteiger partial charge < -0.3 is 16.4 Å². The molecular weight excluding hydrogens is 387 g/mol. The highest BCUT2D eigenvalue weighted by Crippen LogP contribution is 2.09. The van der Waals surface area contributed by atoms with Gasteiger partial charge in [0.05, 0.1) is 12.6 Å². The molecule has 0 saturated heterocycles. The molecule has 4 N–H and O–H groups in total. The van der Waals surface area contributed by atoms with E-state index in [2.05, 4.69) is 48.6 Å². The van der Waals surface area contributed by atoms with Crippen LogP contribution in [0.3, 0.4) is 0 Å². The molecule has 1 aromatic carbocycles. The summed E-state index contributed by atoms with van der Waals surface area (Å²) in [6, 6.07) is 8.02. The van der Waals surface area contributed by atoms with Crippen molar-refractivity contribution < 1.29 is 9.59 Å². The minimum atomic E-state index is -0.595. The highest BCUT2D eigenvalue weighted by molar-refractivity contribution is 5.87. The Hall–Kier alpha value is -1.34. The maximum Gasteiger partial charge on any atom is 0.239 e. The number of hydrogen-bond acceptors (Lipinski definition) is 4. The molecule has 0 saturated carbocycles. The minimum Gasteiger partial charge on any atom is -0.350 e. The molecule has 0 fully saturated rings. The van der Waals surface area contributed by atoms with E-state index in [9.17, 15) is 9.59 Å². The summed E-state index contributed by atoms with van der Waals surface area (Å²) in [7, 11) is 2.09. The molecule has 0 heterocycles. The van der Waals surface area contributed by atoms with E-state index in [-0.39, 0.29) is 49.1 Å². The van der Waals surface area contributed by atoms with Crippen LogP contribution in [0.25, 0.3) is 0 Å². The summed E-state index contributed by atoms with van der Waals surface area (Å²) in [5, 5.41) is 5.38. The Morgan fingerprint density at radius 2 is 1.67 bits per heavy atom. The molecule has 0 radical (unpaired) electrons. The average molecular weight is 421 g/mol. The van der Waals surface area contributed by atoms with Gasteiger partial charge in [0.25, 0.3) is 0 Å². The Bertz CT molecular complexity index is 583. The quantitative estimate of drug-likeness (QED) is 0.570. The number of halogens is 2. The van der Waals surface area contributed by atoms with Crippen molar-refractivity contribution >= 4 is 36.6 Å². The molecule has 0 spiro atoms. The highest BCUT2D eigenvalue weighted by Gasteiger charge is 2.17. The van der Waals surface area contributed by atoms with Crippen molar-refractivity contribution in [3.8, 4) is 0 Å². The van der Waals surface area contributed by atoms with Crippen LogP contribution in [0.4, 0.5) is 0 Å². The largest absolute Gasteiger partial charge is 0.350 e. The second kappa shape index (κ2) is 13.8. The van der Waals surface area contributed by atoms with Crippen molar-refractivity contribution in [1.29, 1.82) is 0 Å². The Kier molecular flexibility index (Phi) is 14.2. The van der Waals surface area contributed by atoms with Gasteiger partial charge in [-0.2, -0.15) is 0 Å². The first-order chi connectivity index (χ1) is 11.7. The predicted molar refractivity (Wildman–Crippen MR) is 115 cm³/mol. The molecule has 0 aliphatic carbocycles. The molecule has 0 aliphatic heterocycles. The molecule has 0 aliphatic rings. The Balaban J connectivity index is 0. The monoisotopic (exact) mass is 420 g/mol. The van der Waals surface area contributed by atoms with Gasteiger partial charge in [0, 0.05) is 19.1 Å². The van der Waals surface area contributed by atoms with Gasteiger partial charge in [-0.1, -0.05) is 38.1 Å². The van der Waals surface area contributed by atoms with Gasteiger partial charge in [-0.15, -0.1) is 24.8 Å². The highest BCUT2D eigenvalue weighted by atomic mass is 35.5. The Morgan fingerprint density at radius 1 is 1.07 bits per heavy atom. The molecule has 1 rings (SSSR count). The van der Waals surface area contributed by atoms with Crippen LogP contribution in [0.5, 0.6) is 0 Å². The normalized spacial score (nSPS) is 11.6. The van der Waals surface area contributed by atoms with E-state index < -0.39 is 6.04 Å². The van der Waals surface area contributed by atoms with Crippen molar-refractivity contribution in [2.75, 3.05) is 13.6 Å². The number of benzene rings is 1. The molecule has 1 aromatic rings. The van der Waals surface area contributed by atoms with E-state index in [1.165, 1.54) is 5.56 Å². The third kappa shape index (κ3) is 10.5. The molecule has 156 valence electrons. The molecular formula is C19H34Cl2N4O2. The van der Waals surface area contributed by atoms with E-state index in [0.29, 0.717) is 12.6 Å². The summed E-state index contributed by atoms with van der Waals surface area (Å²) in [4.78, 5) is 25.9. The van der Waals surface area contributed by atoms with Crippen LogP contribution in [0.2, 0.25) is 0 Å². The topological polar surface area (TPSA) is 87.5 Å². The predicted octanol–water partition coefficient (Wildman–Crippen LogP) is 2.09. The fraction of sp³-hybridized carbons (Fsp3) is 0.579. The maximum absolute atomic E-state index is 11.9. The first-order valence-corrected chi connectivity index (χ1v) is 8.78. The van der Waals surface area contributed by atoms with Gasteiger partial charge in [-0.05, 0) is 37.9 Å². The van der Waals surface area contributed by atoms with Crippen molar-refractivity contribution in [2.45, 2.75) is 52.9 Å². The number of carbonyl (C=O) groups is 2. The van der Waals surface area contributed by atoms with Gasteiger partial charge in [0.15, 0.2) is 0 Å². The van der Waals surface area contributed by atoms with Crippen LogP contribution < -0.4 is 16.4 Å². The Labute approximate surface area is 175 Å². The first kappa shape index (κ1) is 27.9. The standard InChI is InChI=1S/C19H32N4O2.2ClH/c1-13(2)18(20)19(25)22-11-17(24)21-10-15-7-6-8-16(9-15)12-23(5)14(3)4;;/h6-9,13-14,18H,10-12,20H2,1-5H3,(H,21,24)(H,22,25);2*1H/t18-;;/m0../s1. The number of nitrogens with one attached hydrogen (secondary N) is 2. The van der Waals surface area contributed by atoms with Crippen LogP contribution >= 0.6 is 24.8 Å². The van der Waals surface area contributed by atoms with E-state index in [1.54, 1.807) is 0 Å². The summed E-state index contributed by atoms with van der Waals surface area (Å²) < 4.78 is 0. The summed E-state index contributed by atoms with van der Waals surface area (Å²) in [6.45, 7) is 9.29. The molecule has 27 heavy (non-hydrogen) atoms. The summed E-state index contributed by atoms with van der Waals surface area (Å²) >= 11 is 0. The molecule has 8 heteroatoms. The number of nitrogens with zero attached hydrogens (tertiary/aromatic N) is 1. The lowest BCUT2D eigenvalue weighted by molar-refractivity contribution is -0.127. The minimum absolute atomic E-state index is 0. The molecule has 0 aromatic heterocycles. The van der Waals surface area contributed by atoms with Crippen LogP contribution in [0, 0.1) is 5.92 Å². The lowest BCUT2D eigenvalue weighted by Gasteiger charge is -2.21. The Morgan fingerprint density at radius 3 is 2.22 bits per heavy atom. The van der Waals surface area contributed by atoms with Gasteiger partial charge >= 0.3 is 0 Å². The fourth-order valence-electron chi connectivity index (χ4n) is 2.16. The zero-order valence-electron chi connectivity index (χ0n) is 16.8. The van der Waals surface area contributed by atoms with Crippen molar-refractivity contribution in [1.82, 2.24) is 15.5 Å². The summed E-state index contributed by atoms with van der Waals surface area (Å²) in [6.07, 6.45) is 0. The zero-order chi connectivity index (χ0) is 19.0. The summed E-state index contributed by atoms with van der Waals surface area (Å²) in [5.74, 6) is -0.493. The van der Waals surface area contributed by atoms with Gasteiger partial charge in [-0.25, -0.2) is 0 Å². The number of carbonyl (C=O) groups excluding carboxylic acids is 2. The van der Waals surface area contributed by atoms with E-state index in [0.717, 1.165) is 12.1 Å². The zero-order valence-corrected chi connectivity index (χ0v) is 18.5. The van der Waals surface area contributed by atoms with Crippen LogP contribution in [-0.2, 0) is 22.7 Å². The second-order valence-electron chi connectivity index (χ2n) is 7.09. The average Bonchev–Trinajstić information content (AvgIpc) is 2.57. The molecule has 0 bridgehead atoms. The number of rotatable bonds is 9. The van der Waals surface area contributed by atoms with Crippen LogP contribution in [0.15, 0.2) is 24.3 Å². The van der Waals surface area contributed by atoms with Gasteiger partial charge in [0.2, 0.25) is 11.8 Å². The third-order valence-corrected chi connectivity index (χ3v) is 4.24. The number of hydrogen-bond donors (Lipinski definition) is 3. The lowest BCUT2D eigenvalue weighted by atomic mass is 10.1. The fourth-order valence-corrected chi connectivity index (χ4v) is 2.16. The SMILES string of the molecule is CC(C)[C@H](N)C(=O)NCC(=O)NCc1cccc(CN(C)C(C)C)c1.Cl.Cl. The van der Waals surface area contributed by atoms with Crippen LogP contribution in [0.1, 0.15) is 38.8 Å². The lowest BCUT2D eigenvalue weighted by Crippen LogP contribution is -2.47. The van der Waals surface area contributed by atoms with Crippen LogP contribution in [-0.4, -0.2) is 42.4 Å². The molecule has 0 unspecified atom stereocenters. The van der Waals surface area contributed by atoms with E-state index in [4.69, 9.17) is 5.73 Å². The summed E-state index contributed by atoms with van der Waals surface area (Å²) in [5.41, 5.74) is 7.98. The van der Waals surface area contributed by atoms with Crippen molar-refractivity contribution in [3.05, 3.63) is 35.4 Å². The van der Waals surface area contributed by atoms with Crippen molar-refractivity contribution in [3.63, 3.8) is 0 Å².